The molecule has 2 rings (SSSR count). The van der Waals surface area contributed by atoms with Crippen molar-refractivity contribution in [3.05, 3.63) is 22.7 Å². The van der Waals surface area contributed by atoms with Crippen LogP contribution in [-0.2, 0) is 11.3 Å². The maximum absolute atomic E-state index is 12.1. The molecule has 2 heterocycles. The van der Waals surface area contributed by atoms with Gasteiger partial charge in [0.25, 0.3) is 5.91 Å². The van der Waals surface area contributed by atoms with Crippen molar-refractivity contribution in [1.82, 2.24) is 9.78 Å². The number of carbonyl (C=O) groups excluding carboxylic acids is 1. The number of hydrogen-bond donors (Lipinski definition) is 0. The van der Waals surface area contributed by atoms with Gasteiger partial charge >= 0.3 is 0 Å². The first kappa shape index (κ1) is 11.0. The van der Waals surface area contributed by atoms with Crippen molar-refractivity contribution in [2.24, 2.45) is 5.11 Å². The summed E-state index contributed by atoms with van der Waals surface area (Å²) in [6.45, 7) is 0.517. The van der Waals surface area contributed by atoms with Crippen LogP contribution in [0.3, 0.4) is 0 Å². The van der Waals surface area contributed by atoms with Gasteiger partial charge < -0.3 is 0 Å². The highest BCUT2D eigenvalue weighted by molar-refractivity contribution is 9.10. The van der Waals surface area contributed by atoms with Crippen molar-refractivity contribution in [2.75, 3.05) is 11.9 Å². The molecule has 1 aromatic heterocycles. The molecular formula is C8H9BrN6O. The van der Waals surface area contributed by atoms with Crippen LogP contribution in [0.25, 0.3) is 10.4 Å². The van der Waals surface area contributed by atoms with Crippen molar-refractivity contribution in [3.63, 3.8) is 0 Å². The number of rotatable bonds is 1. The summed E-state index contributed by atoms with van der Waals surface area (Å²) in [4.78, 5) is 16.2. The second kappa shape index (κ2) is 3.80. The highest BCUT2D eigenvalue weighted by Gasteiger charge is 2.40. The number of hydrogen-bond acceptors (Lipinski definition) is 3. The second-order valence-corrected chi connectivity index (χ2v) is 4.79. The van der Waals surface area contributed by atoms with Gasteiger partial charge in [0.05, 0.1) is 6.20 Å². The quantitative estimate of drug-likeness (QED) is 0.258. The lowest BCUT2D eigenvalue weighted by Crippen LogP contribution is -2.40. The summed E-state index contributed by atoms with van der Waals surface area (Å²) < 4.78 is 0.491. The van der Waals surface area contributed by atoms with Crippen LogP contribution in [0.4, 0.5) is 5.82 Å². The highest BCUT2D eigenvalue weighted by Crippen LogP contribution is 2.33. The fourth-order valence-corrected chi connectivity index (χ4v) is 2.18. The van der Waals surface area contributed by atoms with Gasteiger partial charge in [-0.3, -0.25) is 9.69 Å². The molecule has 84 valence electrons. The Kier molecular flexibility index (Phi) is 2.61. The van der Waals surface area contributed by atoms with E-state index in [0.29, 0.717) is 18.8 Å². The zero-order valence-corrected chi connectivity index (χ0v) is 10.1. The number of halogens is 1. The number of carbonyl (C=O) groups is 1. The second-order valence-electron chi connectivity index (χ2n) is 3.48. The molecule has 16 heavy (non-hydrogen) atoms. The van der Waals surface area contributed by atoms with Crippen LogP contribution >= 0.6 is 15.9 Å². The minimum atomic E-state index is -1.21. The normalized spacial score (nSPS) is 24.6. The zero-order chi connectivity index (χ0) is 11.8. The van der Waals surface area contributed by atoms with Crippen molar-refractivity contribution in [3.8, 4) is 0 Å². The number of anilines is 1. The number of azide groups is 1. The van der Waals surface area contributed by atoms with Crippen LogP contribution in [0, 0.1) is 0 Å². The first-order valence-corrected chi connectivity index (χ1v) is 5.43. The summed E-state index contributed by atoms with van der Waals surface area (Å²) in [6.07, 6.45) is 2.00. The van der Waals surface area contributed by atoms with Gasteiger partial charge in [0.1, 0.15) is 5.82 Å². The molecule has 1 aliphatic rings. The van der Waals surface area contributed by atoms with E-state index < -0.39 is 4.45 Å². The molecule has 0 fully saturated rings. The van der Waals surface area contributed by atoms with Crippen LogP contribution in [-0.4, -0.2) is 27.2 Å². The predicted octanol–water partition coefficient (Wildman–Crippen LogP) is 1.65. The summed E-state index contributed by atoms with van der Waals surface area (Å²) in [5, 5.41) is 7.63. The Morgan fingerprint density at radius 1 is 1.75 bits per heavy atom. The van der Waals surface area contributed by atoms with E-state index in [2.05, 4.69) is 31.1 Å². The Labute approximate surface area is 99.8 Å². The van der Waals surface area contributed by atoms with Crippen LogP contribution in [0.1, 0.15) is 6.42 Å². The predicted molar refractivity (Wildman–Crippen MR) is 61.1 cm³/mol. The van der Waals surface area contributed by atoms with Gasteiger partial charge in [-0.1, -0.05) is 21.0 Å². The average Bonchev–Trinajstić information content (AvgIpc) is 2.70. The molecular weight excluding hydrogens is 276 g/mol. The van der Waals surface area contributed by atoms with E-state index in [4.69, 9.17) is 5.53 Å². The Morgan fingerprint density at radius 2 is 2.50 bits per heavy atom. The van der Waals surface area contributed by atoms with E-state index in [1.165, 1.54) is 4.90 Å². The summed E-state index contributed by atoms with van der Waals surface area (Å²) >= 11 is 3.20. The molecule has 0 N–H and O–H groups in total. The maximum Gasteiger partial charge on any atom is 0.250 e. The SMILES string of the molecule is CN1C(=O)C(Br)(N=[N+]=[N-])CCn2nccc21. The summed E-state index contributed by atoms with van der Waals surface area (Å²) in [5.74, 6) is 0.406. The van der Waals surface area contributed by atoms with Crippen molar-refractivity contribution >= 4 is 27.7 Å². The molecule has 0 saturated carbocycles. The molecule has 0 aromatic carbocycles. The van der Waals surface area contributed by atoms with Gasteiger partial charge in [-0.25, -0.2) is 4.68 Å². The third-order valence-electron chi connectivity index (χ3n) is 2.53. The Balaban J connectivity index is 2.45. The van der Waals surface area contributed by atoms with Crippen molar-refractivity contribution in [2.45, 2.75) is 17.4 Å². The third kappa shape index (κ3) is 1.56. The lowest BCUT2D eigenvalue weighted by atomic mass is 10.2. The minimum Gasteiger partial charge on any atom is -0.299 e. The third-order valence-corrected chi connectivity index (χ3v) is 3.42. The average molecular weight is 285 g/mol. The molecule has 1 atom stereocenters. The van der Waals surface area contributed by atoms with E-state index in [0.717, 1.165) is 0 Å². The molecule has 7 nitrogen and oxygen atoms in total. The van der Waals surface area contributed by atoms with E-state index in [9.17, 15) is 4.79 Å². The van der Waals surface area contributed by atoms with Gasteiger partial charge in [-0.15, -0.1) is 0 Å². The zero-order valence-electron chi connectivity index (χ0n) is 8.54. The first-order chi connectivity index (χ1) is 7.58. The van der Waals surface area contributed by atoms with Crippen molar-refractivity contribution in [1.29, 1.82) is 0 Å². The highest BCUT2D eigenvalue weighted by atomic mass is 79.9. The molecule has 0 bridgehead atoms. The topological polar surface area (TPSA) is 86.9 Å². The minimum absolute atomic E-state index is 0.287. The van der Waals surface area contributed by atoms with Crippen LogP contribution < -0.4 is 4.90 Å². The van der Waals surface area contributed by atoms with Crippen molar-refractivity contribution < 1.29 is 4.79 Å². The molecule has 0 saturated heterocycles. The number of amides is 1. The van der Waals surface area contributed by atoms with Gasteiger partial charge in [0, 0.05) is 24.6 Å². The number of alkyl halides is 1. The van der Waals surface area contributed by atoms with Gasteiger partial charge in [0.2, 0.25) is 0 Å². The maximum atomic E-state index is 12.1. The first-order valence-electron chi connectivity index (χ1n) is 4.63. The van der Waals surface area contributed by atoms with E-state index in [1.807, 2.05) is 0 Å². The molecule has 0 spiro atoms. The largest absolute Gasteiger partial charge is 0.299 e. The summed E-state index contributed by atoms with van der Waals surface area (Å²) in [7, 11) is 1.63. The van der Waals surface area contributed by atoms with Gasteiger partial charge in [0.15, 0.2) is 4.45 Å². The Bertz CT molecular complexity index is 479. The number of aromatic nitrogens is 2. The van der Waals surface area contributed by atoms with Gasteiger partial charge in [-0.2, -0.15) is 5.10 Å². The molecule has 0 radical (unpaired) electrons. The molecule has 1 amide bonds. The lowest BCUT2D eigenvalue weighted by molar-refractivity contribution is -0.120. The van der Waals surface area contributed by atoms with Crippen LogP contribution in [0.2, 0.25) is 0 Å². The Hall–Kier alpha value is -1.53. The Morgan fingerprint density at radius 3 is 3.19 bits per heavy atom. The standard InChI is InChI=1S/C8H9BrN6O/c1-14-6-2-4-11-15(6)5-3-8(9,7(14)16)12-13-10/h2,4H,3,5H2,1H3. The van der Waals surface area contributed by atoms with E-state index in [-0.39, 0.29) is 5.91 Å². The number of nitrogens with zero attached hydrogens (tertiary/aromatic N) is 6. The fourth-order valence-electron chi connectivity index (χ4n) is 1.67. The summed E-state index contributed by atoms with van der Waals surface area (Å²) in [5.41, 5.74) is 8.48. The number of fused-ring (bicyclic) bond motifs is 1. The monoisotopic (exact) mass is 284 g/mol. The fraction of sp³-hybridized carbons (Fsp3) is 0.500. The molecule has 8 heteroatoms. The molecule has 1 aromatic rings. The van der Waals surface area contributed by atoms with Crippen LogP contribution in [0.5, 0.6) is 0 Å². The number of aryl methyl sites for hydroxylation is 1. The molecule has 1 unspecified atom stereocenters. The van der Waals surface area contributed by atoms with Crippen LogP contribution in [0.15, 0.2) is 17.4 Å². The summed E-state index contributed by atoms with van der Waals surface area (Å²) in [6, 6.07) is 1.74. The molecule has 1 aliphatic heterocycles. The number of likely N-dealkylation sites (N-methyl/N-ethyl adjacent to an activating group) is 1. The molecule has 0 aliphatic carbocycles. The smallest absolute Gasteiger partial charge is 0.250 e. The van der Waals surface area contributed by atoms with Gasteiger partial charge in [-0.05, 0) is 12.0 Å². The lowest BCUT2D eigenvalue weighted by Gasteiger charge is -2.22. The van der Waals surface area contributed by atoms with E-state index >= 15 is 0 Å². The van der Waals surface area contributed by atoms with E-state index in [1.54, 1.807) is 24.0 Å².